The minimum atomic E-state index is 0.173. The van der Waals surface area contributed by atoms with Crippen molar-refractivity contribution in [3.05, 3.63) is 0 Å². The van der Waals surface area contributed by atoms with Gasteiger partial charge in [0.05, 0.1) is 0 Å². The van der Waals surface area contributed by atoms with Crippen molar-refractivity contribution >= 4 is 21.8 Å². The summed E-state index contributed by atoms with van der Waals surface area (Å²) in [6, 6.07) is 0. The van der Waals surface area contributed by atoms with Gasteiger partial charge in [0.1, 0.15) is 0 Å². The smallest absolute Gasteiger partial charge is 0.220 e. The Hall–Kier alpha value is -0.0500. The van der Waals surface area contributed by atoms with Gasteiger partial charge in [-0.25, -0.2) is 0 Å². The van der Waals surface area contributed by atoms with Crippen molar-refractivity contribution in [3.63, 3.8) is 0 Å². The molecule has 3 heteroatoms. The zero-order valence-electron chi connectivity index (χ0n) is 7.53. The molecular formula is C9H16BrNO. The summed E-state index contributed by atoms with van der Waals surface area (Å²) >= 11 is 3.24. The highest BCUT2D eigenvalue weighted by Gasteiger charge is 2.40. The fourth-order valence-electron chi connectivity index (χ4n) is 1.29. The Morgan fingerprint density at radius 3 is 2.67 bits per heavy atom. The molecule has 0 unspecified atom stereocenters. The molecule has 0 aromatic rings. The predicted octanol–water partition coefficient (Wildman–Crippen LogP) is 2.08. The first-order valence-corrected chi connectivity index (χ1v) is 5.67. The van der Waals surface area contributed by atoms with E-state index in [4.69, 9.17) is 0 Å². The maximum atomic E-state index is 11.1. The van der Waals surface area contributed by atoms with Crippen LogP contribution in [0, 0.1) is 5.41 Å². The molecule has 0 saturated heterocycles. The van der Waals surface area contributed by atoms with Crippen molar-refractivity contribution in [2.24, 2.45) is 5.41 Å². The minimum Gasteiger partial charge on any atom is -0.356 e. The maximum absolute atomic E-state index is 11.1. The van der Waals surface area contributed by atoms with E-state index in [9.17, 15) is 4.79 Å². The van der Waals surface area contributed by atoms with Crippen LogP contribution in [-0.2, 0) is 4.79 Å². The number of alkyl halides is 1. The molecule has 0 heterocycles. The van der Waals surface area contributed by atoms with Crippen LogP contribution in [0.2, 0.25) is 0 Å². The molecule has 1 fully saturated rings. The predicted molar refractivity (Wildman–Crippen MR) is 53.4 cm³/mol. The van der Waals surface area contributed by atoms with Crippen LogP contribution in [0.5, 0.6) is 0 Å². The molecule has 1 rings (SSSR count). The number of hydrogen-bond donors (Lipinski definition) is 1. The molecule has 70 valence electrons. The summed E-state index contributed by atoms with van der Waals surface area (Å²) in [4.78, 5) is 11.1. The first-order valence-electron chi connectivity index (χ1n) is 4.55. The minimum absolute atomic E-state index is 0.173. The van der Waals surface area contributed by atoms with Gasteiger partial charge in [0.15, 0.2) is 0 Å². The fourth-order valence-corrected chi connectivity index (χ4v) is 1.65. The quantitative estimate of drug-likeness (QED) is 0.725. The molecule has 0 bridgehead atoms. The summed E-state index contributed by atoms with van der Waals surface area (Å²) in [6.45, 7) is 3.08. The molecule has 0 radical (unpaired) electrons. The van der Waals surface area contributed by atoms with Gasteiger partial charge in [0.25, 0.3) is 0 Å². The van der Waals surface area contributed by atoms with Crippen LogP contribution in [0.4, 0.5) is 0 Å². The molecule has 1 aliphatic rings. The Morgan fingerprint density at radius 1 is 1.58 bits per heavy atom. The fraction of sp³-hybridized carbons (Fsp3) is 0.889. The van der Waals surface area contributed by atoms with Crippen LogP contribution in [0.3, 0.4) is 0 Å². The number of nitrogens with one attached hydrogen (secondary N) is 1. The highest BCUT2D eigenvalue weighted by molar-refractivity contribution is 9.09. The second kappa shape index (κ2) is 4.26. The third kappa shape index (κ3) is 2.77. The van der Waals surface area contributed by atoms with Gasteiger partial charge in [-0.2, -0.15) is 0 Å². The van der Waals surface area contributed by atoms with Crippen LogP contribution < -0.4 is 5.32 Å². The van der Waals surface area contributed by atoms with Gasteiger partial charge in [-0.15, -0.1) is 0 Å². The summed E-state index contributed by atoms with van der Waals surface area (Å²) in [7, 11) is 0. The molecule has 1 amide bonds. The molecular weight excluding hydrogens is 218 g/mol. The molecule has 1 saturated carbocycles. The largest absolute Gasteiger partial charge is 0.356 e. The molecule has 0 spiro atoms. The van der Waals surface area contributed by atoms with Gasteiger partial charge in [0.2, 0.25) is 5.91 Å². The van der Waals surface area contributed by atoms with E-state index >= 15 is 0 Å². The molecule has 0 aromatic heterocycles. The summed E-state index contributed by atoms with van der Waals surface area (Å²) < 4.78 is 0. The lowest BCUT2D eigenvalue weighted by atomic mass is 10.0. The SMILES string of the molecule is CCC1(CNC(=O)CCBr)CC1. The van der Waals surface area contributed by atoms with E-state index in [1.165, 1.54) is 19.3 Å². The number of halogens is 1. The van der Waals surface area contributed by atoms with E-state index < -0.39 is 0 Å². The average Bonchev–Trinajstić information content (AvgIpc) is 2.82. The number of rotatable bonds is 5. The van der Waals surface area contributed by atoms with Crippen molar-refractivity contribution in [3.8, 4) is 0 Å². The van der Waals surface area contributed by atoms with Crippen molar-refractivity contribution in [1.29, 1.82) is 0 Å². The number of carbonyl (C=O) groups is 1. The molecule has 2 nitrogen and oxygen atoms in total. The number of amides is 1. The Labute approximate surface area is 82.2 Å². The summed E-state index contributed by atoms with van der Waals surface area (Å²) in [6.07, 6.45) is 4.37. The van der Waals surface area contributed by atoms with E-state index in [-0.39, 0.29) is 5.91 Å². The van der Waals surface area contributed by atoms with E-state index in [0.717, 1.165) is 11.9 Å². The van der Waals surface area contributed by atoms with E-state index in [0.29, 0.717) is 11.8 Å². The number of carbonyl (C=O) groups excluding carboxylic acids is 1. The van der Waals surface area contributed by atoms with Crippen molar-refractivity contribution in [2.45, 2.75) is 32.6 Å². The average molecular weight is 234 g/mol. The highest BCUT2D eigenvalue weighted by Crippen LogP contribution is 2.47. The van der Waals surface area contributed by atoms with Gasteiger partial charge in [0, 0.05) is 18.3 Å². The van der Waals surface area contributed by atoms with Crippen LogP contribution in [0.1, 0.15) is 32.6 Å². The van der Waals surface area contributed by atoms with Crippen molar-refractivity contribution in [1.82, 2.24) is 5.32 Å². The lowest BCUT2D eigenvalue weighted by molar-refractivity contribution is -0.120. The van der Waals surface area contributed by atoms with Gasteiger partial charge in [-0.3, -0.25) is 4.79 Å². The summed E-state index contributed by atoms with van der Waals surface area (Å²) in [5.41, 5.74) is 0.474. The van der Waals surface area contributed by atoms with Crippen LogP contribution in [0.15, 0.2) is 0 Å². The third-order valence-electron chi connectivity index (χ3n) is 2.69. The summed E-state index contributed by atoms with van der Waals surface area (Å²) in [5.74, 6) is 0.173. The molecule has 0 atom stereocenters. The zero-order valence-corrected chi connectivity index (χ0v) is 9.11. The Morgan fingerprint density at radius 2 is 2.25 bits per heavy atom. The first kappa shape index (κ1) is 10.0. The van der Waals surface area contributed by atoms with E-state index in [1.54, 1.807) is 0 Å². The van der Waals surface area contributed by atoms with E-state index in [2.05, 4.69) is 28.2 Å². The highest BCUT2D eigenvalue weighted by atomic mass is 79.9. The Bertz CT molecular complexity index is 166. The second-order valence-corrected chi connectivity index (χ2v) is 4.36. The molecule has 1 aliphatic carbocycles. The molecule has 12 heavy (non-hydrogen) atoms. The van der Waals surface area contributed by atoms with Crippen LogP contribution in [0.25, 0.3) is 0 Å². The van der Waals surface area contributed by atoms with Gasteiger partial charge >= 0.3 is 0 Å². The second-order valence-electron chi connectivity index (χ2n) is 3.57. The molecule has 0 aromatic carbocycles. The van der Waals surface area contributed by atoms with Crippen LogP contribution >= 0.6 is 15.9 Å². The van der Waals surface area contributed by atoms with Gasteiger partial charge < -0.3 is 5.32 Å². The van der Waals surface area contributed by atoms with Gasteiger partial charge in [-0.05, 0) is 24.7 Å². The normalized spacial score (nSPS) is 18.8. The summed E-state index contributed by atoms with van der Waals surface area (Å²) in [5, 5.41) is 3.73. The third-order valence-corrected chi connectivity index (χ3v) is 3.09. The van der Waals surface area contributed by atoms with E-state index in [1.807, 2.05) is 0 Å². The lowest BCUT2D eigenvalue weighted by Gasteiger charge is -2.12. The molecule has 1 N–H and O–H groups in total. The maximum Gasteiger partial charge on any atom is 0.220 e. The monoisotopic (exact) mass is 233 g/mol. The van der Waals surface area contributed by atoms with Crippen LogP contribution in [-0.4, -0.2) is 17.8 Å². The standard InChI is InChI=1S/C9H16BrNO/c1-2-9(4-5-9)7-11-8(12)3-6-10/h2-7H2,1H3,(H,11,12). The zero-order chi connectivity index (χ0) is 9.03. The number of hydrogen-bond acceptors (Lipinski definition) is 1. The van der Waals surface area contributed by atoms with Crippen molar-refractivity contribution < 1.29 is 4.79 Å². The Balaban J connectivity index is 2.12. The lowest BCUT2D eigenvalue weighted by Crippen LogP contribution is -2.29. The molecule has 0 aliphatic heterocycles. The van der Waals surface area contributed by atoms with Crippen molar-refractivity contribution in [2.75, 3.05) is 11.9 Å². The first-order chi connectivity index (χ1) is 5.72. The topological polar surface area (TPSA) is 29.1 Å². The van der Waals surface area contributed by atoms with Gasteiger partial charge in [-0.1, -0.05) is 22.9 Å². The Kier molecular flexibility index (Phi) is 3.56.